The number of hydrogen-bond acceptors (Lipinski definition) is 7. The fraction of sp³-hybridized carbons (Fsp3) is 0.400. The summed E-state index contributed by atoms with van der Waals surface area (Å²) in [5, 5.41) is 11.0. The van der Waals surface area contributed by atoms with Crippen molar-refractivity contribution in [2.24, 2.45) is 0 Å². The molecule has 8 heteroatoms. The SMILES string of the molecule is O=C(Nc1ncc(C2CCNCC2)s1)c1ccc(-c2nc(C3CC3)no2)cc1. The van der Waals surface area contributed by atoms with E-state index in [4.69, 9.17) is 4.52 Å². The molecule has 3 aromatic rings. The number of amides is 1. The monoisotopic (exact) mass is 395 g/mol. The lowest BCUT2D eigenvalue weighted by Crippen LogP contribution is -2.26. The Kier molecular flexibility index (Phi) is 4.66. The van der Waals surface area contributed by atoms with Crippen LogP contribution in [0.5, 0.6) is 0 Å². The van der Waals surface area contributed by atoms with Gasteiger partial charge in [0.05, 0.1) is 0 Å². The molecule has 2 fully saturated rings. The smallest absolute Gasteiger partial charge is 0.257 e. The summed E-state index contributed by atoms with van der Waals surface area (Å²) in [6.45, 7) is 2.08. The van der Waals surface area contributed by atoms with Gasteiger partial charge in [0.2, 0.25) is 0 Å². The number of nitrogens with zero attached hydrogens (tertiary/aromatic N) is 3. The number of carbonyl (C=O) groups is 1. The van der Waals surface area contributed by atoms with Crippen LogP contribution in [0.3, 0.4) is 0 Å². The van der Waals surface area contributed by atoms with E-state index in [1.807, 2.05) is 18.3 Å². The Morgan fingerprint density at radius 2 is 1.89 bits per heavy atom. The highest BCUT2D eigenvalue weighted by molar-refractivity contribution is 7.15. The first kappa shape index (κ1) is 17.5. The number of aromatic nitrogens is 3. The van der Waals surface area contributed by atoms with Crippen molar-refractivity contribution in [1.29, 1.82) is 0 Å². The number of anilines is 1. The van der Waals surface area contributed by atoms with E-state index in [0.717, 1.165) is 50.2 Å². The molecule has 1 amide bonds. The molecule has 1 saturated carbocycles. The average molecular weight is 395 g/mol. The predicted molar refractivity (Wildman–Crippen MR) is 107 cm³/mol. The molecule has 2 aliphatic rings. The molecule has 0 unspecified atom stereocenters. The van der Waals surface area contributed by atoms with Gasteiger partial charge < -0.3 is 9.84 Å². The van der Waals surface area contributed by atoms with Gasteiger partial charge in [-0.2, -0.15) is 4.98 Å². The molecule has 0 radical (unpaired) electrons. The van der Waals surface area contributed by atoms with Crippen molar-refractivity contribution >= 4 is 22.4 Å². The number of hydrogen-bond donors (Lipinski definition) is 2. The lowest BCUT2D eigenvalue weighted by atomic mass is 9.97. The highest BCUT2D eigenvalue weighted by Gasteiger charge is 2.29. The van der Waals surface area contributed by atoms with E-state index in [0.29, 0.717) is 28.4 Å². The fourth-order valence-electron chi connectivity index (χ4n) is 3.43. The Morgan fingerprint density at radius 1 is 1.11 bits per heavy atom. The molecule has 1 aliphatic heterocycles. The highest BCUT2D eigenvalue weighted by Crippen LogP contribution is 2.39. The summed E-state index contributed by atoms with van der Waals surface area (Å²) in [5.74, 6) is 2.11. The zero-order valence-corrected chi connectivity index (χ0v) is 16.2. The van der Waals surface area contributed by atoms with Crippen molar-refractivity contribution in [2.45, 2.75) is 37.5 Å². The van der Waals surface area contributed by atoms with Gasteiger partial charge in [-0.3, -0.25) is 10.1 Å². The summed E-state index contributed by atoms with van der Waals surface area (Å²) in [7, 11) is 0. The average Bonchev–Trinajstić information content (AvgIpc) is 3.28. The van der Waals surface area contributed by atoms with E-state index in [2.05, 4.69) is 25.8 Å². The summed E-state index contributed by atoms with van der Waals surface area (Å²) in [5.41, 5.74) is 1.39. The first-order valence-electron chi connectivity index (χ1n) is 9.68. The van der Waals surface area contributed by atoms with E-state index < -0.39 is 0 Å². The molecule has 0 bridgehead atoms. The minimum absolute atomic E-state index is 0.165. The van der Waals surface area contributed by atoms with Crippen LogP contribution in [0.1, 0.15) is 58.6 Å². The summed E-state index contributed by atoms with van der Waals surface area (Å²) < 4.78 is 5.33. The van der Waals surface area contributed by atoms with Crippen LogP contribution in [-0.4, -0.2) is 34.1 Å². The number of carbonyl (C=O) groups excluding carboxylic acids is 1. The van der Waals surface area contributed by atoms with E-state index >= 15 is 0 Å². The maximum Gasteiger partial charge on any atom is 0.257 e. The molecule has 28 heavy (non-hydrogen) atoms. The van der Waals surface area contributed by atoms with Gasteiger partial charge in [-0.15, -0.1) is 11.3 Å². The minimum atomic E-state index is -0.165. The van der Waals surface area contributed by atoms with Crippen molar-refractivity contribution in [3.05, 3.63) is 46.7 Å². The van der Waals surface area contributed by atoms with Crippen LogP contribution >= 0.6 is 11.3 Å². The molecular weight excluding hydrogens is 374 g/mol. The molecule has 2 aromatic heterocycles. The zero-order valence-electron chi connectivity index (χ0n) is 15.4. The number of rotatable bonds is 5. The van der Waals surface area contributed by atoms with Gasteiger partial charge in [0.15, 0.2) is 11.0 Å². The van der Waals surface area contributed by atoms with Crippen molar-refractivity contribution in [3.63, 3.8) is 0 Å². The second-order valence-electron chi connectivity index (χ2n) is 7.36. The zero-order chi connectivity index (χ0) is 18.9. The molecule has 144 valence electrons. The van der Waals surface area contributed by atoms with Crippen molar-refractivity contribution < 1.29 is 9.32 Å². The largest absolute Gasteiger partial charge is 0.334 e. The van der Waals surface area contributed by atoms with Crippen molar-refractivity contribution in [1.82, 2.24) is 20.4 Å². The molecule has 1 aliphatic carbocycles. The maximum atomic E-state index is 12.5. The van der Waals surface area contributed by atoms with Crippen LogP contribution in [0.2, 0.25) is 0 Å². The number of thiazole rings is 1. The third kappa shape index (κ3) is 3.70. The van der Waals surface area contributed by atoms with E-state index in [9.17, 15) is 4.79 Å². The van der Waals surface area contributed by atoms with Gasteiger partial charge in [-0.25, -0.2) is 4.98 Å². The summed E-state index contributed by atoms with van der Waals surface area (Å²) in [6.07, 6.45) is 6.40. The summed E-state index contributed by atoms with van der Waals surface area (Å²) in [4.78, 5) is 22.6. The Bertz CT molecular complexity index is 971. The second-order valence-corrected chi connectivity index (χ2v) is 8.42. The van der Waals surface area contributed by atoms with Gasteiger partial charge in [-0.05, 0) is 69.0 Å². The van der Waals surface area contributed by atoms with Crippen LogP contribution < -0.4 is 10.6 Å². The first-order valence-corrected chi connectivity index (χ1v) is 10.5. The van der Waals surface area contributed by atoms with Crippen molar-refractivity contribution in [2.75, 3.05) is 18.4 Å². The van der Waals surface area contributed by atoms with E-state index in [1.165, 1.54) is 4.88 Å². The number of piperidine rings is 1. The van der Waals surface area contributed by atoms with Crippen LogP contribution in [0.25, 0.3) is 11.5 Å². The third-order valence-electron chi connectivity index (χ3n) is 5.26. The van der Waals surface area contributed by atoms with Gasteiger partial charge in [0.1, 0.15) is 0 Å². The summed E-state index contributed by atoms with van der Waals surface area (Å²) >= 11 is 1.57. The van der Waals surface area contributed by atoms with Gasteiger partial charge >= 0.3 is 0 Å². The molecule has 1 saturated heterocycles. The van der Waals surface area contributed by atoms with E-state index in [-0.39, 0.29) is 5.91 Å². The standard InChI is InChI=1S/C20H21N5O2S/c26-18(24-20-22-11-16(28-20)12-7-9-21-10-8-12)14-3-5-15(6-4-14)19-23-17(25-27-19)13-1-2-13/h3-6,11-13,21H,1-2,7-10H2,(H,22,24,26). The van der Waals surface area contributed by atoms with Gasteiger partial charge in [0.25, 0.3) is 11.8 Å². The molecule has 3 heterocycles. The molecule has 0 spiro atoms. The molecule has 1 aromatic carbocycles. The molecule has 0 atom stereocenters. The quantitative estimate of drug-likeness (QED) is 0.683. The Labute approximate surface area is 166 Å². The minimum Gasteiger partial charge on any atom is -0.334 e. The summed E-state index contributed by atoms with van der Waals surface area (Å²) in [6, 6.07) is 7.21. The third-order valence-corrected chi connectivity index (χ3v) is 6.34. The molecule has 7 nitrogen and oxygen atoms in total. The highest BCUT2D eigenvalue weighted by atomic mass is 32.1. The number of benzene rings is 1. The van der Waals surface area contributed by atoms with Gasteiger partial charge in [-0.1, -0.05) is 5.16 Å². The second kappa shape index (κ2) is 7.44. The van der Waals surface area contributed by atoms with Gasteiger partial charge in [0, 0.05) is 28.1 Å². The Morgan fingerprint density at radius 3 is 2.64 bits per heavy atom. The number of nitrogens with one attached hydrogen (secondary N) is 2. The van der Waals surface area contributed by atoms with Crippen LogP contribution in [0.15, 0.2) is 35.0 Å². The van der Waals surface area contributed by atoms with Crippen LogP contribution in [-0.2, 0) is 0 Å². The van der Waals surface area contributed by atoms with E-state index in [1.54, 1.807) is 23.5 Å². The fourth-order valence-corrected chi connectivity index (χ4v) is 4.41. The van der Waals surface area contributed by atoms with Crippen LogP contribution in [0.4, 0.5) is 5.13 Å². The molecule has 5 rings (SSSR count). The predicted octanol–water partition coefficient (Wildman–Crippen LogP) is 3.79. The van der Waals surface area contributed by atoms with Crippen LogP contribution in [0, 0.1) is 0 Å². The molecular formula is C20H21N5O2S. The lowest BCUT2D eigenvalue weighted by molar-refractivity contribution is 0.102. The topological polar surface area (TPSA) is 92.9 Å². The molecule has 2 N–H and O–H groups in total. The Hall–Kier alpha value is -2.58. The Balaban J connectivity index is 1.24. The normalized spacial score (nSPS) is 17.6. The lowest BCUT2D eigenvalue weighted by Gasteiger charge is -2.20. The van der Waals surface area contributed by atoms with Crippen molar-refractivity contribution in [3.8, 4) is 11.5 Å². The first-order chi connectivity index (χ1) is 13.8. The maximum absolute atomic E-state index is 12.5.